The molecule has 0 aromatic heterocycles. The van der Waals surface area contributed by atoms with Crippen molar-refractivity contribution in [1.29, 1.82) is 0 Å². The third kappa shape index (κ3) is 1.55. The maximum Gasteiger partial charge on any atom is 0.146 e. The summed E-state index contributed by atoms with van der Waals surface area (Å²) in [5.74, 6) is 0.223. The Bertz CT molecular complexity index is 435. The van der Waals surface area contributed by atoms with E-state index >= 15 is 0 Å². The average Bonchev–Trinajstić information content (AvgIpc) is 2.36. The Morgan fingerprint density at radius 1 is 1.47 bits per heavy atom. The molecule has 3 unspecified atom stereocenters. The molecule has 17 heavy (non-hydrogen) atoms. The molecule has 2 aliphatic heterocycles. The van der Waals surface area contributed by atoms with Crippen molar-refractivity contribution in [3.05, 3.63) is 29.6 Å². The molecule has 3 nitrogen and oxygen atoms in total. The van der Waals surface area contributed by atoms with Gasteiger partial charge in [0.2, 0.25) is 0 Å². The zero-order chi connectivity index (χ0) is 12.0. The number of hydrogen-bond donors (Lipinski definition) is 2. The number of piperidine rings is 1. The SMILES string of the molecule is CN1c2c(F)cccc2C(N)C2CNCCC21. The maximum absolute atomic E-state index is 13.9. The lowest BCUT2D eigenvalue weighted by Gasteiger charge is -2.47. The highest BCUT2D eigenvalue weighted by molar-refractivity contribution is 5.59. The van der Waals surface area contributed by atoms with E-state index in [2.05, 4.69) is 10.2 Å². The molecular weight excluding hydrogens is 217 g/mol. The van der Waals surface area contributed by atoms with Gasteiger partial charge in [-0.25, -0.2) is 4.39 Å². The first-order valence-electron chi connectivity index (χ1n) is 6.17. The number of anilines is 1. The minimum absolute atomic E-state index is 0.0605. The van der Waals surface area contributed by atoms with Crippen molar-refractivity contribution in [2.75, 3.05) is 25.0 Å². The smallest absolute Gasteiger partial charge is 0.146 e. The van der Waals surface area contributed by atoms with Crippen molar-refractivity contribution in [2.24, 2.45) is 11.7 Å². The van der Waals surface area contributed by atoms with E-state index in [0.717, 1.165) is 25.1 Å². The first kappa shape index (κ1) is 11.0. The highest BCUT2D eigenvalue weighted by Gasteiger charge is 2.40. The maximum atomic E-state index is 13.9. The summed E-state index contributed by atoms with van der Waals surface area (Å²) in [6, 6.07) is 5.51. The highest BCUT2D eigenvalue weighted by Crippen LogP contribution is 2.41. The first-order chi connectivity index (χ1) is 8.20. The fraction of sp³-hybridized carbons (Fsp3) is 0.538. The second-order valence-corrected chi connectivity index (χ2v) is 5.04. The number of fused-ring (bicyclic) bond motifs is 2. The van der Waals surface area contributed by atoms with Crippen LogP contribution in [0.2, 0.25) is 0 Å². The van der Waals surface area contributed by atoms with Crippen molar-refractivity contribution in [2.45, 2.75) is 18.5 Å². The monoisotopic (exact) mass is 235 g/mol. The van der Waals surface area contributed by atoms with Gasteiger partial charge in [0.1, 0.15) is 5.82 Å². The lowest BCUT2D eigenvalue weighted by Crippen LogP contribution is -2.55. The van der Waals surface area contributed by atoms with Crippen molar-refractivity contribution < 1.29 is 4.39 Å². The molecule has 0 bridgehead atoms. The molecule has 0 amide bonds. The molecule has 0 radical (unpaired) electrons. The highest BCUT2D eigenvalue weighted by atomic mass is 19.1. The van der Waals surface area contributed by atoms with Crippen LogP contribution in [0.5, 0.6) is 0 Å². The Balaban J connectivity index is 2.10. The Morgan fingerprint density at radius 3 is 3.12 bits per heavy atom. The number of nitrogens with two attached hydrogens (primary N) is 1. The van der Waals surface area contributed by atoms with Crippen molar-refractivity contribution >= 4 is 5.69 Å². The van der Waals surface area contributed by atoms with Gasteiger partial charge < -0.3 is 16.0 Å². The van der Waals surface area contributed by atoms with Crippen LogP contribution in [0.3, 0.4) is 0 Å². The van der Waals surface area contributed by atoms with Gasteiger partial charge in [0.05, 0.1) is 5.69 Å². The number of hydrogen-bond acceptors (Lipinski definition) is 3. The lowest BCUT2D eigenvalue weighted by molar-refractivity contribution is 0.261. The van der Waals surface area contributed by atoms with Gasteiger partial charge in [-0.15, -0.1) is 0 Å². The largest absolute Gasteiger partial charge is 0.369 e. The normalized spacial score (nSPS) is 31.9. The number of rotatable bonds is 0. The first-order valence-corrected chi connectivity index (χ1v) is 6.17. The Kier molecular flexibility index (Phi) is 2.56. The van der Waals surface area contributed by atoms with E-state index in [0.29, 0.717) is 17.6 Å². The fourth-order valence-electron chi connectivity index (χ4n) is 3.29. The fourth-order valence-corrected chi connectivity index (χ4v) is 3.29. The van der Waals surface area contributed by atoms with Gasteiger partial charge in [0, 0.05) is 31.6 Å². The van der Waals surface area contributed by atoms with Crippen LogP contribution in [-0.2, 0) is 0 Å². The van der Waals surface area contributed by atoms with Crippen molar-refractivity contribution in [3.8, 4) is 0 Å². The molecular formula is C13H18FN3. The predicted molar refractivity (Wildman–Crippen MR) is 66.5 cm³/mol. The number of benzene rings is 1. The molecule has 3 N–H and O–H groups in total. The summed E-state index contributed by atoms with van der Waals surface area (Å²) in [6.07, 6.45) is 1.03. The summed E-state index contributed by atoms with van der Waals surface area (Å²) < 4.78 is 13.9. The molecule has 1 aromatic carbocycles. The molecule has 0 saturated carbocycles. The number of para-hydroxylation sites is 1. The second-order valence-electron chi connectivity index (χ2n) is 5.04. The molecule has 92 valence electrons. The summed E-state index contributed by atoms with van der Waals surface area (Å²) in [7, 11) is 1.98. The second kappa shape index (κ2) is 3.96. The van der Waals surface area contributed by atoms with E-state index in [1.807, 2.05) is 13.1 Å². The number of nitrogens with zero attached hydrogens (tertiary/aromatic N) is 1. The van der Waals surface area contributed by atoms with Crippen LogP contribution in [0.15, 0.2) is 18.2 Å². The number of halogens is 1. The van der Waals surface area contributed by atoms with Crippen LogP contribution in [0, 0.1) is 11.7 Å². The molecule has 1 aromatic rings. The van der Waals surface area contributed by atoms with Crippen LogP contribution in [0.25, 0.3) is 0 Å². The van der Waals surface area contributed by atoms with Crippen LogP contribution in [0.1, 0.15) is 18.0 Å². The third-order valence-electron chi connectivity index (χ3n) is 4.18. The Hall–Kier alpha value is -1.13. The molecule has 2 heterocycles. The van der Waals surface area contributed by atoms with Gasteiger partial charge in [-0.05, 0) is 24.6 Å². The summed E-state index contributed by atoms with van der Waals surface area (Å²) >= 11 is 0. The summed E-state index contributed by atoms with van der Waals surface area (Å²) in [5, 5.41) is 3.38. The van der Waals surface area contributed by atoms with Crippen LogP contribution < -0.4 is 16.0 Å². The van der Waals surface area contributed by atoms with Gasteiger partial charge in [-0.2, -0.15) is 0 Å². The molecule has 0 aliphatic carbocycles. The minimum atomic E-state index is -0.155. The molecule has 1 saturated heterocycles. The minimum Gasteiger partial charge on any atom is -0.369 e. The van der Waals surface area contributed by atoms with Gasteiger partial charge in [-0.3, -0.25) is 0 Å². The van der Waals surface area contributed by atoms with E-state index in [1.54, 1.807) is 6.07 Å². The average molecular weight is 235 g/mol. The summed E-state index contributed by atoms with van der Waals surface area (Å²) in [6.45, 7) is 1.91. The molecule has 3 atom stereocenters. The van der Waals surface area contributed by atoms with Crippen LogP contribution >= 0.6 is 0 Å². The molecule has 0 spiro atoms. The van der Waals surface area contributed by atoms with E-state index in [4.69, 9.17) is 5.73 Å². The lowest BCUT2D eigenvalue weighted by atomic mass is 9.78. The van der Waals surface area contributed by atoms with Crippen molar-refractivity contribution in [1.82, 2.24) is 5.32 Å². The predicted octanol–water partition coefficient (Wildman–Crippen LogP) is 1.25. The van der Waals surface area contributed by atoms with E-state index in [1.165, 1.54) is 6.07 Å². The zero-order valence-electron chi connectivity index (χ0n) is 9.99. The Labute approximate surface area is 101 Å². The van der Waals surface area contributed by atoms with Gasteiger partial charge in [0.15, 0.2) is 0 Å². The third-order valence-corrected chi connectivity index (χ3v) is 4.18. The summed E-state index contributed by atoms with van der Waals surface area (Å²) in [4.78, 5) is 2.08. The molecule has 1 fully saturated rings. The zero-order valence-corrected chi connectivity index (χ0v) is 9.99. The van der Waals surface area contributed by atoms with Gasteiger partial charge in [-0.1, -0.05) is 12.1 Å². The van der Waals surface area contributed by atoms with E-state index in [9.17, 15) is 4.39 Å². The van der Waals surface area contributed by atoms with Gasteiger partial charge in [0.25, 0.3) is 0 Å². The number of nitrogens with one attached hydrogen (secondary N) is 1. The molecule has 3 rings (SSSR count). The van der Waals surface area contributed by atoms with E-state index in [-0.39, 0.29) is 11.9 Å². The summed E-state index contributed by atoms with van der Waals surface area (Å²) in [5.41, 5.74) is 7.94. The molecule has 4 heteroatoms. The van der Waals surface area contributed by atoms with Crippen LogP contribution in [-0.4, -0.2) is 26.2 Å². The van der Waals surface area contributed by atoms with E-state index < -0.39 is 0 Å². The van der Waals surface area contributed by atoms with Crippen molar-refractivity contribution in [3.63, 3.8) is 0 Å². The quantitative estimate of drug-likeness (QED) is 0.711. The Morgan fingerprint density at radius 2 is 2.29 bits per heavy atom. The molecule has 2 aliphatic rings. The topological polar surface area (TPSA) is 41.3 Å². The standard InChI is InChI=1S/C13H18FN3/c1-17-11-5-6-16-7-9(11)12(15)8-3-2-4-10(14)13(8)17/h2-4,9,11-12,16H,5-7,15H2,1H3. The van der Waals surface area contributed by atoms with Gasteiger partial charge >= 0.3 is 0 Å². The van der Waals surface area contributed by atoms with Crippen LogP contribution in [0.4, 0.5) is 10.1 Å².